The van der Waals surface area contributed by atoms with E-state index in [2.05, 4.69) is 48.6 Å². The van der Waals surface area contributed by atoms with Gasteiger partial charge in [0, 0.05) is 29.1 Å². The number of hydrogen-bond acceptors (Lipinski definition) is 5. The van der Waals surface area contributed by atoms with Crippen molar-refractivity contribution in [3.63, 3.8) is 0 Å². The molecule has 0 aliphatic carbocycles. The van der Waals surface area contributed by atoms with Crippen LogP contribution in [-0.4, -0.2) is 30.2 Å². The van der Waals surface area contributed by atoms with Gasteiger partial charge in [-0.15, -0.1) is 11.3 Å². The summed E-state index contributed by atoms with van der Waals surface area (Å²) in [6.07, 6.45) is 1.81. The van der Waals surface area contributed by atoms with Gasteiger partial charge in [-0.05, 0) is 47.4 Å². The first-order chi connectivity index (χ1) is 20.4. The number of carbonyl (C=O) groups excluding carboxylic acids is 1. The van der Waals surface area contributed by atoms with E-state index in [1.54, 1.807) is 12.1 Å². The van der Waals surface area contributed by atoms with Crippen LogP contribution >= 0.6 is 11.3 Å². The van der Waals surface area contributed by atoms with Crippen molar-refractivity contribution in [1.82, 2.24) is 9.29 Å². The predicted octanol–water partition coefficient (Wildman–Crippen LogP) is 7.89. The maximum atomic E-state index is 13.3. The summed E-state index contributed by atoms with van der Waals surface area (Å²) in [7, 11) is -3.72. The molecule has 0 saturated carbocycles. The molecule has 1 aromatic heterocycles. The SMILES string of the molecule is CCCc1sc(NC(=O)c2ccc(S(=O)(=O)N(CC)Cc3ccccc3)cc2)nc1-c1ccc(-c2ccccc2)cc1. The first-order valence-corrected chi connectivity index (χ1v) is 16.3. The standard InChI is InChI=1S/C34H33N3O3S2/c1-3-11-31-32(28-18-16-27(17-19-28)26-14-9-6-10-15-26)35-34(41-31)36-33(38)29-20-22-30(23-21-29)42(39,40)37(4-2)24-25-12-7-5-8-13-25/h5-10,12-23H,3-4,11,24H2,1-2H3,(H,35,36,38). The molecule has 0 aliphatic heterocycles. The molecular formula is C34H33N3O3S2. The van der Waals surface area contributed by atoms with E-state index >= 15 is 0 Å². The lowest BCUT2D eigenvalue weighted by molar-refractivity contribution is 0.102. The zero-order valence-electron chi connectivity index (χ0n) is 23.7. The third-order valence-corrected chi connectivity index (χ3v) is 9.93. The van der Waals surface area contributed by atoms with Crippen LogP contribution in [-0.2, 0) is 23.0 Å². The zero-order valence-corrected chi connectivity index (χ0v) is 25.3. The summed E-state index contributed by atoms with van der Waals surface area (Å²) in [5, 5.41) is 3.43. The second kappa shape index (κ2) is 13.2. The van der Waals surface area contributed by atoms with Crippen molar-refractivity contribution in [3.8, 4) is 22.4 Å². The third kappa shape index (κ3) is 6.68. The van der Waals surface area contributed by atoms with Crippen molar-refractivity contribution < 1.29 is 13.2 Å². The number of carbonyl (C=O) groups is 1. The van der Waals surface area contributed by atoms with Crippen molar-refractivity contribution in [1.29, 1.82) is 0 Å². The fraction of sp³-hybridized carbons (Fsp3) is 0.176. The molecule has 4 aromatic carbocycles. The van der Waals surface area contributed by atoms with Gasteiger partial charge in [-0.25, -0.2) is 13.4 Å². The average molecular weight is 596 g/mol. The largest absolute Gasteiger partial charge is 0.298 e. The Balaban J connectivity index is 1.31. The van der Waals surface area contributed by atoms with Crippen molar-refractivity contribution in [3.05, 3.63) is 125 Å². The number of anilines is 1. The first kappa shape index (κ1) is 29.4. The molecule has 1 N–H and O–H groups in total. The molecule has 0 aliphatic rings. The summed E-state index contributed by atoms with van der Waals surface area (Å²) in [5.74, 6) is -0.335. The molecule has 0 saturated heterocycles. The minimum Gasteiger partial charge on any atom is -0.298 e. The Hall–Kier alpha value is -4.11. The van der Waals surface area contributed by atoms with Crippen LogP contribution in [0.1, 0.15) is 41.1 Å². The highest BCUT2D eigenvalue weighted by atomic mass is 32.2. The average Bonchev–Trinajstić information content (AvgIpc) is 3.42. The fourth-order valence-corrected chi connectivity index (χ4v) is 7.25. The number of hydrogen-bond donors (Lipinski definition) is 1. The number of aryl methyl sites for hydroxylation is 1. The van der Waals surface area contributed by atoms with Crippen LogP contribution in [0.5, 0.6) is 0 Å². The van der Waals surface area contributed by atoms with E-state index < -0.39 is 10.0 Å². The van der Waals surface area contributed by atoms with Crippen molar-refractivity contribution in [2.45, 2.75) is 38.1 Å². The molecule has 6 nitrogen and oxygen atoms in total. The molecule has 1 heterocycles. The van der Waals surface area contributed by atoms with Crippen LogP contribution in [0.4, 0.5) is 5.13 Å². The summed E-state index contributed by atoms with van der Waals surface area (Å²) >= 11 is 1.47. The lowest BCUT2D eigenvalue weighted by Gasteiger charge is -2.20. The Bertz CT molecular complexity index is 1730. The Labute approximate surface area is 251 Å². The zero-order chi connectivity index (χ0) is 29.5. The van der Waals surface area contributed by atoms with E-state index in [9.17, 15) is 13.2 Å². The van der Waals surface area contributed by atoms with Crippen LogP contribution in [0, 0.1) is 0 Å². The van der Waals surface area contributed by atoms with Gasteiger partial charge in [-0.2, -0.15) is 4.31 Å². The molecule has 0 unspecified atom stereocenters. The Kier molecular flexibility index (Phi) is 9.27. The maximum Gasteiger partial charge on any atom is 0.257 e. The number of benzene rings is 4. The number of nitrogens with one attached hydrogen (secondary N) is 1. The molecule has 1 amide bonds. The normalized spacial score (nSPS) is 11.5. The van der Waals surface area contributed by atoms with Crippen molar-refractivity contribution in [2.75, 3.05) is 11.9 Å². The molecule has 214 valence electrons. The Morgan fingerprint density at radius 1 is 0.786 bits per heavy atom. The van der Waals surface area contributed by atoms with Crippen molar-refractivity contribution in [2.24, 2.45) is 0 Å². The van der Waals surface area contributed by atoms with Crippen molar-refractivity contribution >= 4 is 32.4 Å². The molecule has 5 aromatic rings. The number of aromatic nitrogens is 1. The van der Waals surface area contributed by atoms with E-state index in [4.69, 9.17) is 4.98 Å². The fourth-order valence-electron chi connectivity index (χ4n) is 4.73. The summed E-state index contributed by atoms with van der Waals surface area (Å²) in [6, 6.07) is 34.1. The second-order valence-corrected chi connectivity index (χ2v) is 12.9. The van der Waals surface area contributed by atoms with E-state index in [1.807, 2.05) is 55.5 Å². The van der Waals surface area contributed by atoms with E-state index in [0.29, 0.717) is 17.2 Å². The summed E-state index contributed by atoms with van der Waals surface area (Å²) in [6.45, 7) is 4.55. The van der Waals surface area contributed by atoms with Gasteiger partial charge in [0.05, 0.1) is 10.6 Å². The minimum atomic E-state index is -3.72. The van der Waals surface area contributed by atoms with Crippen LogP contribution in [0.3, 0.4) is 0 Å². The van der Waals surface area contributed by atoms with Gasteiger partial charge < -0.3 is 0 Å². The van der Waals surface area contributed by atoms with Crippen LogP contribution < -0.4 is 5.32 Å². The smallest absolute Gasteiger partial charge is 0.257 e. The highest BCUT2D eigenvalue weighted by molar-refractivity contribution is 7.89. The number of rotatable bonds is 11. The quantitative estimate of drug-likeness (QED) is 0.168. The van der Waals surface area contributed by atoms with E-state index in [-0.39, 0.29) is 17.3 Å². The lowest BCUT2D eigenvalue weighted by atomic mass is 10.0. The van der Waals surface area contributed by atoms with Gasteiger partial charge >= 0.3 is 0 Å². The first-order valence-electron chi connectivity index (χ1n) is 14.0. The molecule has 8 heteroatoms. The highest BCUT2D eigenvalue weighted by Gasteiger charge is 2.24. The molecule has 0 fully saturated rings. The van der Waals surface area contributed by atoms with Crippen LogP contribution in [0.15, 0.2) is 114 Å². The molecule has 0 radical (unpaired) electrons. The number of thiazole rings is 1. The predicted molar refractivity (Wildman–Crippen MR) is 171 cm³/mol. The van der Waals surface area contributed by atoms with Gasteiger partial charge in [0.1, 0.15) is 0 Å². The van der Waals surface area contributed by atoms with Crippen LogP contribution in [0.25, 0.3) is 22.4 Å². The summed E-state index contributed by atoms with van der Waals surface area (Å²) < 4.78 is 28.0. The number of nitrogens with zero attached hydrogens (tertiary/aromatic N) is 2. The molecule has 5 rings (SSSR count). The molecule has 42 heavy (non-hydrogen) atoms. The van der Waals surface area contributed by atoms with Gasteiger partial charge in [-0.1, -0.05) is 105 Å². The van der Waals surface area contributed by atoms with E-state index in [1.165, 1.54) is 27.8 Å². The topological polar surface area (TPSA) is 79.4 Å². The van der Waals surface area contributed by atoms with Crippen LogP contribution in [0.2, 0.25) is 0 Å². The highest BCUT2D eigenvalue weighted by Crippen LogP contribution is 2.34. The molecular weight excluding hydrogens is 563 g/mol. The third-order valence-electron chi connectivity index (χ3n) is 6.97. The van der Waals surface area contributed by atoms with Gasteiger partial charge in [0.2, 0.25) is 10.0 Å². The number of sulfonamides is 1. The summed E-state index contributed by atoms with van der Waals surface area (Å²) in [5.41, 5.74) is 5.43. The van der Waals surface area contributed by atoms with Gasteiger partial charge in [0.25, 0.3) is 5.91 Å². The van der Waals surface area contributed by atoms with Gasteiger partial charge in [-0.3, -0.25) is 10.1 Å². The lowest BCUT2D eigenvalue weighted by Crippen LogP contribution is -2.30. The monoisotopic (exact) mass is 595 g/mol. The second-order valence-electron chi connectivity index (χ2n) is 9.88. The molecule has 0 atom stereocenters. The summed E-state index contributed by atoms with van der Waals surface area (Å²) in [4.78, 5) is 19.2. The Morgan fingerprint density at radius 2 is 1.38 bits per heavy atom. The van der Waals surface area contributed by atoms with Gasteiger partial charge in [0.15, 0.2) is 5.13 Å². The minimum absolute atomic E-state index is 0.151. The molecule has 0 spiro atoms. The van der Waals surface area contributed by atoms with E-state index in [0.717, 1.165) is 45.7 Å². The number of amides is 1. The Morgan fingerprint density at radius 3 is 2.00 bits per heavy atom. The maximum absolute atomic E-state index is 13.3. The molecule has 0 bridgehead atoms.